The average molecular weight is 437 g/mol. The van der Waals surface area contributed by atoms with Crippen LogP contribution in [0.25, 0.3) is 0 Å². The van der Waals surface area contributed by atoms with Gasteiger partial charge in [0.15, 0.2) is 0 Å². The molecule has 2 amide bonds. The van der Waals surface area contributed by atoms with Gasteiger partial charge in [-0.25, -0.2) is 0 Å². The molecule has 0 aliphatic carbocycles. The van der Waals surface area contributed by atoms with Gasteiger partial charge in [0.05, 0.1) is 5.41 Å². The zero-order valence-electron chi connectivity index (χ0n) is 16.0. The summed E-state index contributed by atoms with van der Waals surface area (Å²) in [6.45, 7) is 4.58. The molecule has 2 aliphatic heterocycles. The molecule has 2 saturated heterocycles. The Labute approximate surface area is 170 Å². The van der Waals surface area contributed by atoms with Crippen molar-refractivity contribution in [3.63, 3.8) is 0 Å². The van der Waals surface area contributed by atoms with Crippen molar-refractivity contribution in [3.8, 4) is 0 Å². The van der Waals surface area contributed by atoms with Crippen LogP contribution in [-0.2, 0) is 19.7 Å². The lowest BCUT2D eigenvalue weighted by molar-refractivity contribution is -0.143. The molecule has 1 unspecified atom stereocenters. The largest absolute Gasteiger partial charge is 0.381 e. The topological polar surface area (TPSA) is 58.6 Å². The highest BCUT2D eigenvalue weighted by molar-refractivity contribution is 9.10. The Morgan fingerprint density at radius 3 is 2.63 bits per heavy atom. The van der Waals surface area contributed by atoms with Crippen molar-refractivity contribution in [1.29, 1.82) is 0 Å². The smallest absolute Gasteiger partial charge is 0.233 e. The summed E-state index contributed by atoms with van der Waals surface area (Å²) in [7, 11) is 0. The van der Waals surface area contributed by atoms with E-state index < -0.39 is 5.41 Å². The second kappa shape index (κ2) is 9.20. The fraction of sp³-hybridized carbons (Fsp3) is 0.619. The maximum atomic E-state index is 13.7. The molecular formula is C21H29BrN2O3. The monoisotopic (exact) mass is 436 g/mol. The summed E-state index contributed by atoms with van der Waals surface area (Å²) in [4.78, 5) is 27.6. The second-order valence-electron chi connectivity index (χ2n) is 7.61. The molecule has 1 atom stereocenters. The van der Waals surface area contributed by atoms with Crippen LogP contribution in [0.15, 0.2) is 28.7 Å². The van der Waals surface area contributed by atoms with Crippen molar-refractivity contribution in [1.82, 2.24) is 10.2 Å². The summed E-state index contributed by atoms with van der Waals surface area (Å²) >= 11 is 3.48. The molecule has 2 heterocycles. The molecule has 148 valence electrons. The standard InChI is InChI=1S/C21H29BrN2O3/c1-2-4-19(25)23-18-5-3-12-24(15-18)20(26)21(10-13-27-14-11-21)16-6-8-17(22)9-7-16/h6-9,18H,2-5,10-15H2,1H3,(H,23,25). The highest BCUT2D eigenvalue weighted by Crippen LogP contribution is 2.38. The summed E-state index contributed by atoms with van der Waals surface area (Å²) in [6.07, 6.45) is 4.66. The van der Waals surface area contributed by atoms with Gasteiger partial charge >= 0.3 is 0 Å². The molecule has 6 heteroatoms. The van der Waals surface area contributed by atoms with Gasteiger partial charge in [-0.2, -0.15) is 0 Å². The third-order valence-corrected chi connectivity index (χ3v) is 6.23. The molecule has 0 saturated carbocycles. The molecule has 2 aliphatic rings. The van der Waals surface area contributed by atoms with E-state index in [0.717, 1.165) is 35.8 Å². The van der Waals surface area contributed by atoms with E-state index in [1.807, 2.05) is 24.0 Å². The second-order valence-corrected chi connectivity index (χ2v) is 8.52. The summed E-state index contributed by atoms with van der Waals surface area (Å²) in [6, 6.07) is 8.17. The van der Waals surface area contributed by atoms with E-state index >= 15 is 0 Å². The summed E-state index contributed by atoms with van der Waals surface area (Å²) in [5, 5.41) is 3.10. The number of likely N-dealkylation sites (tertiary alicyclic amines) is 1. The zero-order valence-corrected chi connectivity index (χ0v) is 17.6. The molecule has 27 heavy (non-hydrogen) atoms. The Kier molecular flexibility index (Phi) is 6.93. The van der Waals surface area contributed by atoms with E-state index in [-0.39, 0.29) is 17.9 Å². The van der Waals surface area contributed by atoms with Crippen LogP contribution in [-0.4, -0.2) is 49.1 Å². The lowest BCUT2D eigenvalue weighted by atomic mass is 9.72. The molecule has 0 bridgehead atoms. The van der Waals surface area contributed by atoms with Gasteiger partial charge in [0, 0.05) is 43.2 Å². The first kappa shape index (κ1) is 20.3. The number of amides is 2. The Bertz CT molecular complexity index is 656. The molecule has 1 aromatic carbocycles. The van der Waals surface area contributed by atoms with Crippen LogP contribution < -0.4 is 5.32 Å². The number of hydrogen-bond donors (Lipinski definition) is 1. The fourth-order valence-electron chi connectivity index (χ4n) is 4.22. The highest BCUT2D eigenvalue weighted by Gasteiger charge is 2.44. The fourth-order valence-corrected chi connectivity index (χ4v) is 4.49. The van der Waals surface area contributed by atoms with Crippen molar-refractivity contribution in [2.75, 3.05) is 26.3 Å². The molecule has 1 aromatic rings. The van der Waals surface area contributed by atoms with E-state index in [1.54, 1.807) is 0 Å². The lowest BCUT2D eigenvalue weighted by Crippen LogP contribution is -2.56. The van der Waals surface area contributed by atoms with E-state index in [1.165, 1.54) is 0 Å². The SMILES string of the molecule is CCCC(=O)NC1CCCN(C(=O)C2(c3ccc(Br)cc3)CCOCC2)C1. The maximum Gasteiger partial charge on any atom is 0.233 e. The van der Waals surface area contributed by atoms with Gasteiger partial charge in [-0.15, -0.1) is 0 Å². The average Bonchev–Trinajstić information content (AvgIpc) is 2.69. The quantitative estimate of drug-likeness (QED) is 0.768. The number of nitrogens with zero attached hydrogens (tertiary/aromatic N) is 1. The van der Waals surface area contributed by atoms with Crippen LogP contribution in [0.4, 0.5) is 0 Å². The van der Waals surface area contributed by atoms with E-state index in [4.69, 9.17) is 4.74 Å². The minimum atomic E-state index is -0.520. The van der Waals surface area contributed by atoms with Crippen LogP contribution in [0.2, 0.25) is 0 Å². The number of benzene rings is 1. The predicted molar refractivity (Wildman–Crippen MR) is 109 cm³/mol. The Hall–Kier alpha value is -1.40. The first-order chi connectivity index (χ1) is 13.0. The molecule has 0 spiro atoms. The minimum Gasteiger partial charge on any atom is -0.381 e. The number of piperidine rings is 1. The summed E-state index contributed by atoms with van der Waals surface area (Å²) in [5.41, 5.74) is 0.546. The number of carbonyl (C=O) groups excluding carboxylic acids is 2. The Morgan fingerprint density at radius 2 is 1.96 bits per heavy atom. The number of nitrogens with one attached hydrogen (secondary N) is 1. The van der Waals surface area contributed by atoms with Crippen molar-refractivity contribution in [2.45, 2.75) is 56.9 Å². The molecular weight excluding hydrogens is 408 g/mol. The number of rotatable bonds is 5. The molecule has 2 fully saturated rings. The van der Waals surface area contributed by atoms with Crippen LogP contribution in [0, 0.1) is 0 Å². The van der Waals surface area contributed by atoms with Gasteiger partial charge in [0.1, 0.15) is 0 Å². The third kappa shape index (κ3) is 4.72. The Balaban J connectivity index is 1.77. The normalized spacial score (nSPS) is 22.3. The number of ether oxygens (including phenoxy) is 1. The number of hydrogen-bond acceptors (Lipinski definition) is 3. The third-order valence-electron chi connectivity index (χ3n) is 5.70. The molecule has 0 radical (unpaired) electrons. The van der Waals surface area contributed by atoms with E-state index in [2.05, 4.69) is 33.4 Å². The minimum absolute atomic E-state index is 0.0589. The molecule has 1 N–H and O–H groups in total. The molecule has 0 aromatic heterocycles. The molecule has 3 rings (SSSR count). The van der Waals surface area contributed by atoms with Crippen LogP contribution in [0.3, 0.4) is 0 Å². The lowest BCUT2D eigenvalue weighted by Gasteiger charge is -2.43. The Morgan fingerprint density at radius 1 is 1.26 bits per heavy atom. The van der Waals surface area contributed by atoms with Gasteiger partial charge in [-0.05, 0) is 49.8 Å². The van der Waals surface area contributed by atoms with Crippen LogP contribution >= 0.6 is 15.9 Å². The maximum absolute atomic E-state index is 13.7. The van der Waals surface area contributed by atoms with Gasteiger partial charge in [-0.3, -0.25) is 9.59 Å². The van der Waals surface area contributed by atoms with Gasteiger partial charge < -0.3 is 15.0 Å². The van der Waals surface area contributed by atoms with Crippen molar-refractivity contribution < 1.29 is 14.3 Å². The number of halogens is 1. The van der Waals surface area contributed by atoms with Gasteiger partial charge in [0.25, 0.3) is 0 Å². The first-order valence-electron chi connectivity index (χ1n) is 9.97. The highest BCUT2D eigenvalue weighted by atomic mass is 79.9. The zero-order chi connectivity index (χ0) is 19.3. The summed E-state index contributed by atoms with van der Waals surface area (Å²) in [5.74, 6) is 0.271. The first-order valence-corrected chi connectivity index (χ1v) is 10.8. The van der Waals surface area contributed by atoms with Gasteiger partial charge in [0.2, 0.25) is 11.8 Å². The van der Waals surface area contributed by atoms with Crippen molar-refractivity contribution in [3.05, 3.63) is 34.3 Å². The van der Waals surface area contributed by atoms with Crippen LogP contribution in [0.5, 0.6) is 0 Å². The summed E-state index contributed by atoms with van der Waals surface area (Å²) < 4.78 is 6.58. The van der Waals surface area contributed by atoms with E-state index in [9.17, 15) is 9.59 Å². The predicted octanol–water partition coefficient (Wildman–Crippen LogP) is 3.40. The van der Waals surface area contributed by atoms with E-state index in [0.29, 0.717) is 39.0 Å². The number of carbonyl (C=O) groups is 2. The van der Waals surface area contributed by atoms with Crippen molar-refractivity contribution >= 4 is 27.7 Å². The van der Waals surface area contributed by atoms with Crippen molar-refractivity contribution in [2.24, 2.45) is 0 Å². The van der Waals surface area contributed by atoms with Gasteiger partial charge in [-0.1, -0.05) is 35.0 Å². The van der Waals surface area contributed by atoms with Crippen LogP contribution in [0.1, 0.15) is 51.0 Å². The molecule has 5 nitrogen and oxygen atoms in total.